The summed E-state index contributed by atoms with van der Waals surface area (Å²) in [5, 5.41) is 7.22. The van der Waals surface area contributed by atoms with Gasteiger partial charge in [0.05, 0.1) is 12.2 Å². The summed E-state index contributed by atoms with van der Waals surface area (Å²) < 4.78 is 18.7. The van der Waals surface area contributed by atoms with E-state index in [1.165, 1.54) is 18.2 Å². The number of benzene rings is 2. The molecule has 0 spiro atoms. The van der Waals surface area contributed by atoms with Crippen molar-refractivity contribution in [1.29, 1.82) is 0 Å². The van der Waals surface area contributed by atoms with Crippen molar-refractivity contribution in [2.45, 2.75) is 13.5 Å². The monoisotopic (exact) mass is 420 g/mol. The van der Waals surface area contributed by atoms with Crippen LogP contribution in [0.5, 0.6) is 0 Å². The fourth-order valence-corrected chi connectivity index (χ4v) is 3.13. The van der Waals surface area contributed by atoms with Crippen molar-refractivity contribution < 1.29 is 13.7 Å². The van der Waals surface area contributed by atoms with Gasteiger partial charge in [-0.1, -0.05) is 40.5 Å². The number of nitrogens with zero attached hydrogens (tertiary/aromatic N) is 2. The number of aromatic nitrogens is 1. The number of hydrogen-bond donors (Lipinski definition) is 2. The molecule has 0 aliphatic rings. The van der Waals surface area contributed by atoms with Crippen LogP contribution in [0.2, 0.25) is 10.0 Å². The fraction of sp³-hybridized carbons (Fsp3) is 0.105. The van der Waals surface area contributed by atoms with Crippen LogP contribution in [0.4, 0.5) is 4.39 Å². The first kappa shape index (κ1) is 19.9. The molecular formula is C19H15Cl2FN4O2. The van der Waals surface area contributed by atoms with E-state index < -0.39 is 11.7 Å². The molecule has 144 valence electrons. The Labute approximate surface area is 170 Å². The van der Waals surface area contributed by atoms with Crippen LogP contribution in [0.25, 0.3) is 11.3 Å². The van der Waals surface area contributed by atoms with Crippen LogP contribution in [0.15, 0.2) is 52.0 Å². The van der Waals surface area contributed by atoms with E-state index in [9.17, 15) is 9.18 Å². The molecule has 0 unspecified atom stereocenters. The highest BCUT2D eigenvalue weighted by atomic mass is 35.5. The van der Waals surface area contributed by atoms with Crippen LogP contribution >= 0.6 is 23.2 Å². The lowest BCUT2D eigenvalue weighted by molar-refractivity contribution is 0.0976. The first-order valence-electron chi connectivity index (χ1n) is 8.12. The normalized spacial score (nSPS) is 11.5. The van der Waals surface area contributed by atoms with Crippen LogP contribution < -0.4 is 11.1 Å². The van der Waals surface area contributed by atoms with Gasteiger partial charge in [0.1, 0.15) is 11.4 Å². The maximum Gasteiger partial charge on any atom is 0.263 e. The van der Waals surface area contributed by atoms with Crippen LogP contribution in [0.1, 0.15) is 21.6 Å². The van der Waals surface area contributed by atoms with Crippen molar-refractivity contribution in [2.24, 2.45) is 10.7 Å². The maximum absolute atomic E-state index is 13.5. The van der Waals surface area contributed by atoms with Crippen LogP contribution in [0.3, 0.4) is 0 Å². The van der Waals surface area contributed by atoms with E-state index in [0.717, 1.165) is 5.56 Å². The predicted molar refractivity (Wildman–Crippen MR) is 106 cm³/mol. The number of amides is 1. The molecule has 3 rings (SSSR count). The van der Waals surface area contributed by atoms with Gasteiger partial charge in [0.2, 0.25) is 0 Å². The molecule has 0 aliphatic carbocycles. The molecule has 9 heteroatoms. The van der Waals surface area contributed by atoms with Crippen molar-refractivity contribution in [3.8, 4) is 11.3 Å². The Balaban J connectivity index is 1.78. The summed E-state index contributed by atoms with van der Waals surface area (Å²) >= 11 is 11.9. The topological polar surface area (TPSA) is 93.5 Å². The highest BCUT2D eigenvalue weighted by Crippen LogP contribution is 2.26. The number of guanidine groups is 1. The third kappa shape index (κ3) is 4.68. The van der Waals surface area contributed by atoms with Gasteiger partial charge in [-0.15, -0.1) is 0 Å². The van der Waals surface area contributed by atoms with Gasteiger partial charge in [-0.2, -0.15) is 0 Å². The smallest absolute Gasteiger partial charge is 0.263 e. The third-order valence-electron chi connectivity index (χ3n) is 3.77. The summed E-state index contributed by atoms with van der Waals surface area (Å²) in [5.41, 5.74) is 7.41. The maximum atomic E-state index is 13.5. The zero-order valence-electron chi connectivity index (χ0n) is 14.7. The number of nitrogens with two attached hydrogens (primary N) is 1. The molecule has 0 radical (unpaired) electrons. The van der Waals surface area contributed by atoms with E-state index in [1.807, 2.05) is 0 Å². The number of rotatable bonds is 4. The molecule has 0 aliphatic heterocycles. The predicted octanol–water partition coefficient (Wildman–Crippen LogP) is 4.34. The van der Waals surface area contributed by atoms with E-state index in [1.54, 1.807) is 31.2 Å². The summed E-state index contributed by atoms with van der Waals surface area (Å²) in [6, 6.07) is 10.6. The van der Waals surface area contributed by atoms with Crippen LogP contribution in [-0.4, -0.2) is 17.0 Å². The zero-order chi connectivity index (χ0) is 20.3. The Morgan fingerprint density at radius 3 is 2.64 bits per heavy atom. The number of aryl methyl sites for hydroxylation is 1. The average Bonchev–Trinajstić information content (AvgIpc) is 3.01. The second-order valence-electron chi connectivity index (χ2n) is 5.92. The summed E-state index contributed by atoms with van der Waals surface area (Å²) in [5.74, 6) is -0.988. The van der Waals surface area contributed by atoms with Gasteiger partial charge in [-0.25, -0.2) is 9.38 Å². The van der Waals surface area contributed by atoms with E-state index >= 15 is 0 Å². The number of aliphatic imine (C=N–C) groups is 1. The number of nitrogens with one attached hydrogen (secondary N) is 1. The summed E-state index contributed by atoms with van der Waals surface area (Å²) in [7, 11) is 0. The molecule has 3 N–H and O–H groups in total. The van der Waals surface area contributed by atoms with E-state index in [-0.39, 0.29) is 23.8 Å². The molecule has 0 saturated carbocycles. The molecule has 0 saturated heterocycles. The molecule has 28 heavy (non-hydrogen) atoms. The van der Waals surface area contributed by atoms with E-state index in [0.29, 0.717) is 21.3 Å². The summed E-state index contributed by atoms with van der Waals surface area (Å²) in [6.45, 7) is 1.77. The molecule has 3 aromatic rings. The second-order valence-corrected chi connectivity index (χ2v) is 6.79. The number of carbonyl (C=O) groups excluding carboxylic acids is 1. The summed E-state index contributed by atoms with van der Waals surface area (Å²) in [4.78, 5) is 16.7. The Morgan fingerprint density at radius 1 is 1.25 bits per heavy atom. The molecule has 6 nitrogen and oxygen atoms in total. The molecule has 0 fully saturated rings. The Bertz CT molecular complexity index is 1050. The van der Waals surface area contributed by atoms with E-state index in [2.05, 4.69) is 15.5 Å². The molecule has 1 amide bonds. The van der Waals surface area contributed by atoms with Gasteiger partial charge in [-0.3, -0.25) is 10.1 Å². The third-order valence-corrected chi connectivity index (χ3v) is 4.21. The zero-order valence-corrected chi connectivity index (χ0v) is 16.2. The van der Waals surface area contributed by atoms with Crippen LogP contribution in [0, 0.1) is 12.7 Å². The average molecular weight is 421 g/mol. The minimum absolute atomic E-state index is 0.105. The molecule has 1 heterocycles. The largest absolute Gasteiger partial charge is 0.370 e. The number of halogens is 3. The van der Waals surface area contributed by atoms with Crippen molar-refractivity contribution in [2.75, 3.05) is 0 Å². The number of carbonyl (C=O) groups is 1. The Morgan fingerprint density at radius 2 is 1.96 bits per heavy atom. The lowest BCUT2D eigenvalue weighted by Gasteiger charge is -2.06. The Hall–Kier alpha value is -2.90. The second kappa shape index (κ2) is 8.41. The highest BCUT2D eigenvalue weighted by Gasteiger charge is 2.22. The summed E-state index contributed by atoms with van der Waals surface area (Å²) in [6.07, 6.45) is 0. The lowest BCUT2D eigenvalue weighted by atomic mass is 10.1. The standard InChI is InChI=1S/C19H15Cl2FN4O2/c1-10-16(17(28-26-10)12-3-2-4-15(22)7-12)18(27)25-19(23)24-9-11-5-13(20)8-14(21)6-11/h2-8H,9H2,1H3,(H3,23,24,25,27). The quantitative estimate of drug-likeness (QED) is 0.484. The minimum Gasteiger partial charge on any atom is -0.370 e. The highest BCUT2D eigenvalue weighted by molar-refractivity contribution is 6.34. The van der Waals surface area contributed by atoms with Gasteiger partial charge in [0.15, 0.2) is 11.7 Å². The molecule has 0 bridgehead atoms. The minimum atomic E-state index is -0.566. The number of hydrogen-bond acceptors (Lipinski definition) is 4. The van der Waals surface area contributed by atoms with Crippen molar-refractivity contribution in [3.05, 3.63) is 75.1 Å². The lowest BCUT2D eigenvalue weighted by Crippen LogP contribution is -2.37. The van der Waals surface area contributed by atoms with Gasteiger partial charge in [-0.05, 0) is 42.8 Å². The van der Waals surface area contributed by atoms with Crippen molar-refractivity contribution >= 4 is 35.1 Å². The van der Waals surface area contributed by atoms with E-state index in [4.69, 9.17) is 33.5 Å². The SMILES string of the molecule is Cc1noc(-c2cccc(F)c2)c1C(=O)NC(N)=NCc1cc(Cl)cc(Cl)c1. The first-order chi connectivity index (χ1) is 13.3. The first-order valence-corrected chi connectivity index (χ1v) is 8.87. The van der Waals surface area contributed by atoms with Gasteiger partial charge >= 0.3 is 0 Å². The molecule has 1 aromatic heterocycles. The Kier molecular flexibility index (Phi) is 5.96. The van der Waals surface area contributed by atoms with Crippen molar-refractivity contribution in [1.82, 2.24) is 10.5 Å². The van der Waals surface area contributed by atoms with Gasteiger partial charge in [0.25, 0.3) is 5.91 Å². The van der Waals surface area contributed by atoms with Crippen molar-refractivity contribution in [3.63, 3.8) is 0 Å². The molecule has 2 aromatic carbocycles. The molecular weight excluding hydrogens is 406 g/mol. The van der Waals surface area contributed by atoms with Gasteiger partial charge in [0, 0.05) is 15.6 Å². The molecule has 0 atom stereocenters. The van der Waals surface area contributed by atoms with Gasteiger partial charge < -0.3 is 10.3 Å². The fourth-order valence-electron chi connectivity index (χ4n) is 2.56. The van der Waals surface area contributed by atoms with Crippen LogP contribution in [-0.2, 0) is 6.54 Å².